The second-order valence-electron chi connectivity index (χ2n) is 6.44. The van der Waals surface area contributed by atoms with Gasteiger partial charge in [0.1, 0.15) is 0 Å². The number of alkyl halides is 3. The molecule has 7 nitrogen and oxygen atoms in total. The van der Waals surface area contributed by atoms with Gasteiger partial charge in [-0.1, -0.05) is 12.1 Å². The van der Waals surface area contributed by atoms with Gasteiger partial charge in [-0.2, -0.15) is 22.8 Å². The minimum Gasteiger partial charge on any atom is -0.280 e. The molecule has 0 saturated carbocycles. The third kappa shape index (κ3) is 3.83. The summed E-state index contributed by atoms with van der Waals surface area (Å²) in [6, 6.07) is 13.3. The maximum Gasteiger partial charge on any atom is 0.416 e. The Labute approximate surface area is 169 Å². The Bertz CT molecular complexity index is 1330. The van der Waals surface area contributed by atoms with E-state index >= 15 is 0 Å². The van der Waals surface area contributed by atoms with E-state index in [1.807, 2.05) is 0 Å². The molecule has 0 spiro atoms. The largest absolute Gasteiger partial charge is 0.416 e. The van der Waals surface area contributed by atoms with Gasteiger partial charge >= 0.3 is 6.18 Å². The van der Waals surface area contributed by atoms with Crippen LogP contribution in [0.5, 0.6) is 0 Å². The van der Waals surface area contributed by atoms with Crippen LogP contribution in [0.2, 0.25) is 0 Å². The van der Waals surface area contributed by atoms with E-state index < -0.39 is 21.8 Å². The lowest BCUT2D eigenvalue weighted by Gasteiger charge is -2.11. The maximum absolute atomic E-state index is 12.7. The Morgan fingerprint density at radius 1 is 0.967 bits per heavy atom. The Hall–Kier alpha value is -3.47. The van der Waals surface area contributed by atoms with Crippen LogP contribution in [0.25, 0.3) is 16.9 Å². The molecule has 1 N–H and O–H groups in total. The van der Waals surface area contributed by atoms with Crippen molar-refractivity contribution in [1.82, 2.24) is 19.8 Å². The van der Waals surface area contributed by atoms with Crippen LogP contribution in [0, 0.1) is 6.92 Å². The molecule has 0 fully saturated rings. The lowest BCUT2D eigenvalue weighted by molar-refractivity contribution is -0.137. The number of benzene rings is 2. The molecule has 2 heterocycles. The Balaban J connectivity index is 1.62. The normalized spacial score (nSPS) is 12.3. The van der Waals surface area contributed by atoms with Crippen LogP contribution in [0.1, 0.15) is 11.4 Å². The van der Waals surface area contributed by atoms with Gasteiger partial charge in [0.05, 0.1) is 16.2 Å². The molecule has 0 aliphatic carbocycles. The molecule has 0 aliphatic heterocycles. The number of nitrogens with one attached hydrogen (secondary N) is 1. The van der Waals surface area contributed by atoms with Gasteiger partial charge in [0.25, 0.3) is 10.0 Å². The number of anilines is 1. The standard InChI is InChI=1S/C19H14F3N5O2S/c1-12-23-24-18-10-9-17(25-27(12)18)13-3-2-4-15(11-13)26-30(28,29)16-7-5-14(6-8-16)19(20,21)22/h2-11,26H,1H3. The van der Waals surface area contributed by atoms with Crippen LogP contribution in [-0.2, 0) is 16.2 Å². The molecule has 154 valence electrons. The van der Waals surface area contributed by atoms with Crippen molar-refractivity contribution in [3.05, 3.63) is 72.1 Å². The highest BCUT2D eigenvalue weighted by molar-refractivity contribution is 7.92. The van der Waals surface area contributed by atoms with Gasteiger partial charge in [0.15, 0.2) is 11.5 Å². The SMILES string of the molecule is Cc1nnc2ccc(-c3cccc(NS(=O)(=O)c4ccc(C(F)(F)F)cc4)c3)nn12. The molecular weight excluding hydrogens is 419 g/mol. The highest BCUT2D eigenvalue weighted by Crippen LogP contribution is 2.30. The molecule has 4 rings (SSSR count). The Morgan fingerprint density at radius 3 is 2.40 bits per heavy atom. The second kappa shape index (κ2) is 7.10. The van der Waals surface area contributed by atoms with Crippen molar-refractivity contribution in [2.24, 2.45) is 0 Å². The van der Waals surface area contributed by atoms with Crippen molar-refractivity contribution in [3.8, 4) is 11.3 Å². The summed E-state index contributed by atoms with van der Waals surface area (Å²) in [6.45, 7) is 1.76. The average molecular weight is 433 g/mol. The summed E-state index contributed by atoms with van der Waals surface area (Å²) in [4.78, 5) is -0.277. The Morgan fingerprint density at radius 2 is 1.70 bits per heavy atom. The molecule has 0 saturated heterocycles. The van der Waals surface area contributed by atoms with Gasteiger partial charge in [0.2, 0.25) is 0 Å². The van der Waals surface area contributed by atoms with Crippen LogP contribution < -0.4 is 4.72 Å². The van der Waals surface area contributed by atoms with Gasteiger partial charge in [0, 0.05) is 11.3 Å². The number of sulfonamides is 1. The summed E-state index contributed by atoms with van der Waals surface area (Å²) in [5, 5.41) is 12.3. The first-order valence-corrected chi connectivity index (χ1v) is 10.1. The van der Waals surface area contributed by atoms with Gasteiger partial charge in [-0.3, -0.25) is 4.72 Å². The van der Waals surface area contributed by atoms with Gasteiger partial charge in [-0.05, 0) is 55.5 Å². The van der Waals surface area contributed by atoms with E-state index in [0.717, 1.165) is 24.3 Å². The molecule has 0 atom stereocenters. The zero-order valence-corrected chi connectivity index (χ0v) is 16.2. The highest BCUT2D eigenvalue weighted by Gasteiger charge is 2.30. The molecule has 30 heavy (non-hydrogen) atoms. The third-order valence-corrected chi connectivity index (χ3v) is 5.72. The van der Waals surface area contributed by atoms with Crippen molar-refractivity contribution in [3.63, 3.8) is 0 Å². The number of nitrogens with zero attached hydrogens (tertiary/aromatic N) is 4. The molecule has 0 radical (unpaired) electrons. The number of halogens is 3. The number of aromatic nitrogens is 4. The predicted octanol–water partition coefficient (Wildman–Crippen LogP) is 3.92. The summed E-state index contributed by atoms with van der Waals surface area (Å²) in [5.41, 5.74) is 1.11. The topological polar surface area (TPSA) is 89.2 Å². The average Bonchev–Trinajstić information content (AvgIpc) is 3.08. The number of hydrogen-bond acceptors (Lipinski definition) is 5. The monoisotopic (exact) mass is 433 g/mol. The quantitative estimate of drug-likeness (QED) is 0.527. The van der Waals surface area contributed by atoms with E-state index in [-0.39, 0.29) is 10.6 Å². The maximum atomic E-state index is 12.7. The molecule has 0 unspecified atom stereocenters. The van der Waals surface area contributed by atoms with Crippen molar-refractivity contribution in [2.45, 2.75) is 18.0 Å². The number of fused-ring (bicyclic) bond motifs is 1. The van der Waals surface area contributed by atoms with E-state index in [0.29, 0.717) is 22.7 Å². The molecule has 11 heteroatoms. The molecule has 0 amide bonds. The predicted molar refractivity (Wildman–Crippen MR) is 103 cm³/mol. The molecule has 0 bridgehead atoms. The smallest absolute Gasteiger partial charge is 0.280 e. The first kappa shape index (κ1) is 19.8. The minimum absolute atomic E-state index is 0.245. The van der Waals surface area contributed by atoms with Crippen molar-refractivity contribution in [1.29, 1.82) is 0 Å². The van der Waals surface area contributed by atoms with E-state index in [9.17, 15) is 21.6 Å². The van der Waals surface area contributed by atoms with Crippen molar-refractivity contribution in [2.75, 3.05) is 4.72 Å². The fourth-order valence-corrected chi connectivity index (χ4v) is 3.88. The zero-order valence-electron chi connectivity index (χ0n) is 15.4. The fraction of sp³-hybridized carbons (Fsp3) is 0.105. The first-order chi connectivity index (χ1) is 14.1. The van der Waals surface area contributed by atoms with E-state index in [4.69, 9.17) is 0 Å². The first-order valence-electron chi connectivity index (χ1n) is 8.63. The van der Waals surface area contributed by atoms with Crippen LogP contribution in [0.4, 0.5) is 18.9 Å². The summed E-state index contributed by atoms with van der Waals surface area (Å²) in [6.07, 6.45) is -4.54. The number of hydrogen-bond donors (Lipinski definition) is 1. The summed E-state index contributed by atoms with van der Waals surface area (Å²) in [5.74, 6) is 0.603. The lowest BCUT2D eigenvalue weighted by Crippen LogP contribution is -2.13. The number of aryl methyl sites for hydroxylation is 1. The fourth-order valence-electron chi connectivity index (χ4n) is 2.83. The lowest BCUT2D eigenvalue weighted by atomic mass is 10.1. The van der Waals surface area contributed by atoms with E-state index in [1.54, 1.807) is 41.8 Å². The van der Waals surface area contributed by atoms with E-state index in [1.165, 1.54) is 6.07 Å². The molecular formula is C19H14F3N5O2S. The van der Waals surface area contributed by atoms with Gasteiger partial charge in [-0.15, -0.1) is 10.2 Å². The highest BCUT2D eigenvalue weighted by atomic mass is 32.2. The van der Waals surface area contributed by atoms with Crippen LogP contribution in [-0.4, -0.2) is 28.2 Å². The summed E-state index contributed by atoms with van der Waals surface area (Å²) in [7, 11) is -4.07. The van der Waals surface area contributed by atoms with Crippen LogP contribution in [0.3, 0.4) is 0 Å². The van der Waals surface area contributed by atoms with Gasteiger partial charge < -0.3 is 0 Å². The van der Waals surface area contributed by atoms with Crippen molar-refractivity contribution >= 4 is 21.4 Å². The zero-order chi connectivity index (χ0) is 21.5. The molecule has 2 aromatic heterocycles. The summed E-state index contributed by atoms with van der Waals surface area (Å²) < 4.78 is 67.1. The minimum atomic E-state index is -4.54. The molecule has 2 aromatic carbocycles. The molecule has 4 aromatic rings. The third-order valence-electron chi connectivity index (χ3n) is 4.32. The van der Waals surface area contributed by atoms with Crippen molar-refractivity contribution < 1.29 is 21.6 Å². The van der Waals surface area contributed by atoms with E-state index in [2.05, 4.69) is 20.0 Å². The molecule has 0 aliphatic rings. The van der Waals surface area contributed by atoms with Crippen LogP contribution >= 0.6 is 0 Å². The second-order valence-corrected chi connectivity index (χ2v) is 8.13. The Kier molecular flexibility index (Phi) is 4.69. The number of rotatable bonds is 4. The van der Waals surface area contributed by atoms with Gasteiger partial charge in [-0.25, -0.2) is 8.42 Å². The summed E-state index contributed by atoms with van der Waals surface area (Å²) >= 11 is 0. The van der Waals surface area contributed by atoms with Crippen LogP contribution in [0.15, 0.2) is 65.6 Å².